The van der Waals surface area contributed by atoms with Crippen LogP contribution in [0.4, 0.5) is 13.2 Å². The molecular weight excluding hydrogens is 243 g/mol. The summed E-state index contributed by atoms with van der Waals surface area (Å²) >= 11 is 0. The summed E-state index contributed by atoms with van der Waals surface area (Å²) in [6.07, 6.45) is -1.03. The van der Waals surface area contributed by atoms with E-state index in [1.165, 1.54) is 12.1 Å². The van der Waals surface area contributed by atoms with Gasteiger partial charge >= 0.3 is 6.36 Å². The number of alkyl halides is 3. The van der Waals surface area contributed by atoms with E-state index in [-0.39, 0.29) is 5.75 Å². The highest BCUT2D eigenvalue weighted by Crippen LogP contribution is 2.22. The van der Waals surface area contributed by atoms with E-state index in [1.54, 1.807) is 24.4 Å². The number of aromatic nitrogens is 1. The molecule has 0 amide bonds. The molecule has 0 spiro atoms. The van der Waals surface area contributed by atoms with Crippen LogP contribution < -0.4 is 9.30 Å². The first-order valence-corrected chi connectivity index (χ1v) is 5.23. The molecule has 1 heterocycles. The third kappa shape index (κ3) is 3.76. The van der Waals surface area contributed by atoms with Gasteiger partial charge in [0.1, 0.15) is 5.75 Å². The van der Waals surface area contributed by atoms with E-state index in [0.717, 1.165) is 5.56 Å². The second kappa shape index (κ2) is 5.08. The molecule has 0 aliphatic heterocycles. The van der Waals surface area contributed by atoms with Crippen molar-refractivity contribution in [1.82, 2.24) is 0 Å². The number of hydrogen-bond donors (Lipinski definition) is 0. The van der Waals surface area contributed by atoms with E-state index in [2.05, 4.69) is 10.8 Å². The van der Waals surface area contributed by atoms with Gasteiger partial charge in [-0.2, -0.15) is 0 Å². The molecule has 0 atom stereocenters. The highest BCUT2D eigenvalue weighted by molar-refractivity contribution is 5.26. The number of pyridine rings is 1. The predicted molar refractivity (Wildman–Crippen MR) is 57.7 cm³/mol. The van der Waals surface area contributed by atoms with E-state index in [9.17, 15) is 13.2 Å². The van der Waals surface area contributed by atoms with Crippen LogP contribution in [0, 0.1) is 6.07 Å². The minimum atomic E-state index is -4.65. The fraction of sp³-hybridized carbons (Fsp3) is 0.154. The monoisotopic (exact) mass is 253 g/mol. The fourth-order valence-corrected chi connectivity index (χ4v) is 1.50. The number of halogens is 3. The number of ether oxygens (including phenoxy) is 1. The van der Waals surface area contributed by atoms with Crippen molar-refractivity contribution < 1.29 is 22.5 Å². The molecule has 0 unspecified atom stereocenters. The van der Waals surface area contributed by atoms with Crippen molar-refractivity contribution in [1.29, 1.82) is 0 Å². The Balaban J connectivity index is 2.04. The molecule has 18 heavy (non-hydrogen) atoms. The van der Waals surface area contributed by atoms with Crippen LogP contribution in [0.3, 0.4) is 0 Å². The lowest BCUT2D eigenvalue weighted by atomic mass is 10.2. The predicted octanol–water partition coefficient (Wildman–Crippen LogP) is 2.72. The first-order valence-electron chi connectivity index (χ1n) is 5.23. The molecule has 1 aromatic carbocycles. The lowest BCUT2D eigenvalue weighted by Crippen LogP contribution is -2.32. The van der Waals surface area contributed by atoms with Gasteiger partial charge in [0.25, 0.3) is 0 Å². The number of nitrogens with zero attached hydrogens (tertiary/aromatic N) is 1. The van der Waals surface area contributed by atoms with E-state index >= 15 is 0 Å². The van der Waals surface area contributed by atoms with Crippen molar-refractivity contribution >= 4 is 0 Å². The van der Waals surface area contributed by atoms with Gasteiger partial charge in [-0.25, -0.2) is 4.57 Å². The molecule has 1 aromatic heterocycles. The molecule has 2 aromatic rings. The fourth-order valence-electron chi connectivity index (χ4n) is 1.50. The second-order valence-corrected chi connectivity index (χ2v) is 3.67. The molecule has 0 saturated carbocycles. The molecule has 1 radical (unpaired) electrons. The summed E-state index contributed by atoms with van der Waals surface area (Å²) in [5.74, 6) is -0.212. The summed E-state index contributed by atoms with van der Waals surface area (Å²) in [6.45, 7) is 0.573. The van der Waals surface area contributed by atoms with Crippen molar-refractivity contribution in [3.63, 3.8) is 0 Å². The van der Waals surface area contributed by atoms with Gasteiger partial charge in [0.05, 0.1) is 6.07 Å². The summed E-state index contributed by atoms with van der Waals surface area (Å²) in [5, 5.41) is 0. The van der Waals surface area contributed by atoms with Crippen molar-refractivity contribution in [3.8, 4) is 5.75 Å². The Kier molecular flexibility index (Phi) is 3.50. The summed E-state index contributed by atoms with van der Waals surface area (Å²) in [7, 11) is 0. The summed E-state index contributed by atoms with van der Waals surface area (Å²) in [6, 6.07) is 12.3. The topological polar surface area (TPSA) is 13.1 Å². The maximum atomic E-state index is 12.0. The minimum Gasteiger partial charge on any atom is -0.406 e. The molecule has 0 N–H and O–H groups in total. The lowest BCUT2D eigenvalue weighted by molar-refractivity contribution is -0.688. The summed E-state index contributed by atoms with van der Waals surface area (Å²) in [4.78, 5) is 0. The van der Waals surface area contributed by atoms with Gasteiger partial charge in [-0.05, 0) is 30.3 Å². The first kappa shape index (κ1) is 12.4. The summed E-state index contributed by atoms with van der Waals surface area (Å²) in [5.41, 5.74) is 0.883. The van der Waals surface area contributed by atoms with Crippen LogP contribution in [0.15, 0.2) is 48.8 Å². The molecule has 0 aliphatic rings. The molecule has 0 aliphatic carbocycles. The maximum absolute atomic E-state index is 12.0. The molecular formula is C13H10F3NO+. The van der Waals surface area contributed by atoms with Crippen LogP contribution in [-0.4, -0.2) is 6.36 Å². The van der Waals surface area contributed by atoms with Gasteiger partial charge in [0, 0.05) is 11.6 Å². The first-order chi connectivity index (χ1) is 8.53. The van der Waals surface area contributed by atoms with Crippen molar-refractivity contribution in [2.45, 2.75) is 12.9 Å². The third-order valence-corrected chi connectivity index (χ3v) is 2.23. The van der Waals surface area contributed by atoms with Gasteiger partial charge in [-0.1, -0.05) is 0 Å². The van der Waals surface area contributed by atoms with Crippen molar-refractivity contribution in [3.05, 3.63) is 60.4 Å². The van der Waals surface area contributed by atoms with Gasteiger partial charge in [0.15, 0.2) is 18.9 Å². The Morgan fingerprint density at radius 1 is 1.17 bits per heavy atom. The highest BCUT2D eigenvalue weighted by Gasteiger charge is 2.30. The second-order valence-electron chi connectivity index (χ2n) is 3.67. The van der Waals surface area contributed by atoms with E-state index in [4.69, 9.17) is 0 Å². The molecule has 0 saturated heterocycles. The van der Waals surface area contributed by atoms with Crippen LogP contribution in [0.25, 0.3) is 0 Å². The molecule has 0 fully saturated rings. The Bertz CT molecular complexity index is 494. The van der Waals surface area contributed by atoms with Crippen LogP contribution in [-0.2, 0) is 6.54 Å². The largest absolute Gasteiger partial charge is 0.573 e. The minimum absolute atomic E-state index is 0.212. The smallest absolute Gasteiger partial charge is 0.406 e. The van der Waals surface area contributed by atoms with Crippen LogP contribution in [0.2, 0.25) is 0 Å². The van der Waals surface area contributed by atoms with Gasteiger partial charge < -0.3 is 4.74 Å². The van der Waals surface area contributed by atoms with Gasteiger partial charge in [-0.3, -0.25) is 0 Å². The maximum Gasteiger partial charge on any atom is 0.573 e. The number of rotatable bonds is 3. The van der Waals surface area contributed by atoms with E-state index in [0.29, 0.717) is 6.54 Å². The van der Waals surface area contributed by atoms with Crippen LogP contribution in [0.1, 0.15) is 5.56 Å². The zero-order valence-electron chi connectivity index (χ0n) is 9.32. The average molecular weight is 253 g/mol. The van der Waals surface area contributed by atoms with Crippen LogP contribution >= 0.6 is 0 Å². The molecule has 2 nitrogen and oxygen atoms in total. The highest BCUT2D eigenvalue weighted by atomic mass is 19.4. The quantitative estimate of drug-likeness (QED) is 0.766. The van der Waals surface area contributed by atoms with Crippen molar-refractivity contribution in [2.24, 2.45) is 0 Å². The van der Waals surface area contributed by atoms with Gasteiger partial charge in [0.2, 0.25) is 0 Å². The zero-order valence-corrected chi connectivity index (χ0v) is 9.32. The Morgan fingerprint density at radius 2 is 1.89 bits per heavy atom. The zero-order chi connectivity index (χ0) is 13.0. The Hall–Kier alpha value is -2.04. The standard InChI is InChI=1S/C13H10F3NO/c14-13(15,16)18-12-6-4-11(5-7-12)10-17-8-2-1-3-9-17/h1-2,4-9H,10H2/q+1. The molecule has 2 rings (SSSR count). The normalized spacial score (nSPS) is 11.3. The Labute approximate surface area is 102 Å². The molecule has 5 heteroatoms. The van der Waals surface area contributed by atoms with Crippen molar-refractivity contribution in [2.75, 3.05) is 0 Å². The molecule has 93 valence electrons. The average Bonchev–Trinajstić information content (AvgIpc) is 2.31. The molecule has 0 bridgehead atoms. The van der Waals surface area contributed by atoms with Crippen LogP contribution in [0.5, 0.6) is 5.75 Å². The summed E-state index contributed by atoms with van der Waals surface area (Å²) < 4.78 is 41.5. The van der Waals surface area contributed by atoms with E-state index in [1.807, 2.05) is 16.8 Å². The van der Waals surface area contributed by atoms with E-state index < -0.39 is 6.36 Å². The third-order valence-electron chi connectivity index (χ3n) is 2.23. The number of benzene rings is 1. The lowest BCUT2D eigenvalue weighted by Gasteiger charge is -2.08. The SMILES string of the molecule is FC(F)(F)Oc1ccc(C[n+]2c[c]ccc2)cc1. The van der Waals surface area contributed by atoms with Gasteiger partial charge in [-0.15, -0.1) is 13.2 Å². The Morgan fingerprint density at radius 3 is 2.44 bits per heavy atom. The number of hydrogen-bond acceptors (Lipinski definition) is 1.